The van der Waals surface area contributed by atoms with Gasteiger partial charge in [0.05, 0.1) is 6.21 Å². The van der Waals surface area contributed by atoms with Gasteiger partial charge in [0, 0.05) is 21.8 Å². The molecule has 2 aromatic heterocycles. The molecule has 2 rings (SSSR count). The van der Waals surface area contributed by atoms with Crippen molar-refractivity contribution in [3.8, 4) is 0 Å². The molecule has 2 aromatic rings. The van der Waals surface area contributed by atoms with Crippen LogP contribution in [0.4, 0.5) is 5.82 Å². The molecule has 0 aromatic carbocycles. The molecule has 0 N–H and O–H groups in total. The summed E-state index contributed by atoms with van der Waals surface area (Å²) in [6, 6.07) is 5.43. The van der Waals surface area contributed by atoms with E-state index in [-0.39, 0.29) is 0 Å². The minimum absolute atomic E-state index is 0.369. The van der Waals surface area contributed by atoms with Gasteiger partial charge in [-0.1, -0.05) is 11.6 Å². The molecule has 17 heavy (non-hydrogen) atoms. The van der Waals surface area contributed by atoms with Crippen molar-refractivity contribution in [2.45, 2.75) is 0 Å². The zero-order valence-electron chi connectivity index (χ0n) is 8.84. The molecule has 0 aliphatic rings. The second-order valence-electron chi connectivity index (χ2n) is 3.15. The number of thiophene rings is 1. The quantitative estimate of drug-likeness (QED) is 0.639. The number of aromatic nitrogens is 2. The van der Waals surface area contributed by atoms with Gasteiger partial charge < -0.3 is 0 Å². The van der Waals surface area contributed by atoms with Crippen molar-refractivity contribution in [1.82, 2.24) is 10.2 Å². The van der Waals surface area contributed by atoms with Crippen LogP contribution >= 0.6 is 38.9 Å². The standard InChI is InChI=1S/C10H8BrClN4S/c1-16(10-3-2-9(12)14-15-10)13-5-8-4-7(11)6-17-8/h2-6H,1H3/b13-5+. The van der Waals surface area contributed by atoms with Crippen LogP contribution in [0, 0.1) is 0 Å². The summed E-state index contributed by atoms with van der Waals surface area (Å²) in [5, 5.41) is 15.9. The minimum Gasteiger partial charge on any atom is -0.249 e. The van der Waals surface area contributed by atoms with E-state index in [0.717, 1.165) is 9.35 Å². The van der Waals surface area contributed by atoms with Crippen molar-refractivity contribution in [3.63, 3.8) is 0 Å². The Bertz CT molecular complexity index is 525. The van der Waals surface area contributed by atoms with Crippen LogP contribution in [-0.4, -0.2) is 23.5 Å². The number of rotatable bonds is 3. The Kier molecular flexibility index (Phi) is 4.09. The maximum atomic E-state index is 5.66. The maximum absolute atomic E-state index is 5.66. The van der Waals surface area contributed by atoms with Gasteiger partial charge in [-0.3, -0.25) is 0 Å². The summed E-state index contributed by atoms with van der Waals surface area (Å²) < 4.78 is 1.05. The average molecular weight is 332 g/mol. The molecule has 7 heteroatoms. The van der Waals surface area contributed by atoms with Gasteiger partial charge in [-0.05, 0) is 34.1 Å². The number of anilines is 1. The summed E-state index contributed by atoms with van der Waals surface area (Å²) in [6.45, 7) is 0. The summed E-state index contributed by atoms with van der Waals surface area (Å²) in [6.07, 6.45) is 1.77. The molecule has 0 aliphatic heterocycles. The normalized spacial score (nSPS) is 11.0. The van der Waals surface area contributed by atoms with Gasteiger partial charge in [0.15, 0.2) is 11.0 Å². The fraction of sp³-hybridized carbons (Fsp3) is 0.100. The Morgan fingerprint density at radius 1 is 1.47 bits per heavy atom. The zero-order valence-corrected chi connectivity index (χ0v) is 12.0. The smallest absolute Gasteiger partial charge is 0.171 e. The molecule has 4 nitrogen and oxygen atoms in total. The van der Waals surface area contributed by atoms with Gasteiger partial charge in [-0.25, -0.2) is 5.01 Å². The van der Waals surface area contributed by atoms with E-state index in [1.165, 1.54) is 0 Å². The molecule has 0 saturated carbocycles. The fourth-order valence-corrected chi connectivity index (χ4v) is 2.48. The van der Waals surface area contributed by atoms with Crippen LogP contribution in [0.25, 0.3) is 0 Å². The van der Waals surface area contributed by atoms with Crippen molar-refractivity contribution < 1.29 is 0 Å². The topological polar surface area (TPSA) is 41.4 Å². The number of nitrogens with zero attached hydrogens (tertiary/aromatic N) is 4. The number of halogens is 2. The van der Waals surface area contributed by atoms with E-state index < -0.39 is 0 Å². The third-order valence-corrected chi connectivity index (χ3v) is 3.73. The number of hydrogen-bond acceptors (Lipinski definition) is 5. The predicted octanol–water partition coefficient (Wildman–Crippen LogP) is 3.42. The van der Waals surface area contributed by atoms with Crippen molar-refractivity contribution in [1.29, 1.82) is 0 Å². The lowest BCUT2D eigenvalue weighted by molar-refractivity contribution is 0.922. The molecule has 0 saturated heterocycles. The Morgan fingerprint density at radius 3 is 2.88 bits per heavy atom. The second-order valence-corrected chi connectivity index (χ2v) is 5.40. The highest BCUT2D eigenvalue weighted by atomic mass is 79.9. The fourth-order valence-electron chi connectivity index (χ4n) is 1.08. The first kappa shape index (κ1) is 12.5. The van der Waals surface area contributed by atoms with E-state index in [1.54, 1.807) is 41.7 Å². The molecule has 0 atom stereocenters. The van der Waals surface area contributed by atoms with Gasteiger partial charge in [0.2, 0.25) is 0 Å². The van der Waals surface area contributed by atoms with E-state index in [9.17, 15) is 0 Å². The van der Waals surface area contributed by atoms with Gasteiger partial charge in [-0.2, -0.15) is 5.10 Å². The van der Waals surface area contributed by atoms with E-state index >= 15 is 0 Å². The second kappa shape index (κ2) is 5.57. The van der Waals surface area contributed by atoms with Crippen molar-refractivity contribution in [3.05, 3.63) is 38.1 Å². The number of hydrazone groups is 1. The number of hydrogen-bond donors (Lipinski definition) is 0. The lowest BCUT2D eigenvalue weighted by atomic mass is 10.5. The highest BCUT2D eigenvalue weighted by Gasteiger charge is 2.01. The highest BCUT2D eigenvalue weighted by Crippen LogP contribution is 2.18. The summed E-state index contributed by atoms with van der Waals surface area (Å²) in [7, 11) is 1.80. The Labute approximate surface area is 116 Å². The van der Waals surface area contributed by atoms with Crippen LogP contribution in [0.1, 0.15) is 4.88 Å². The lowest BCUT2D eigenvalue weighted by Gasteiger charge is -2.09. The predicted molar refractivity (Wildman–Crippen MR) is 75.1 cm³/mol. The Balaban J connectivity index is 2.08. The monoisotopic (exact) mass is 330 g/mol. The minimum atomic E-state index is 0.369. The largest absolute Gasteiger partial charge is 0.249 e. The summed E-state index contributed by atoms with van der Waals surface area (Å²) in [5.41, 5.74) is 0. The lowest BCUT2D eigenvalue weighted by Crippen LogP contribution is -2.11. The van der Waals surface area contributed by atoms with E-state index in [0.29, 0.717) is 11.0 Å². The molecule has 88 valence electrons. The molecular weight excluding hydrogens is 324 g/mol. The van der Waals surface area contributed by atoms with E-state index in [2.05, 4.69) is 31.2 Å². The van der Waals surface area contributed by atoms with Crippen LogP contribution in [0.15, 0.2) is 33.2 Å². The van der Waals surface area contributed by atoms with Crippen LogP contribution < -0.4 is 5.01 Å². The molecular formula is C10H8BrClN4S. The van der Waals surface area contributed by atoms with Gasteiger partial charge in [0.25, 0.3) is 0 Å². The SMILES string of the molecule is CN(/N=C/c1cc(Br)cs1)c1ccc(Cl)nn1. The third kappa shape index (κ3) is 3.49. The zero-order chi connectivity index (χ0) is 12.3. The van der Waals surface area contributed by atoms with Crippen molar-refractivity contribution in [2.75, 3.05) is 12.1 Å². The molecule has 0 unspecified atom stereocenters. The Morgan fingerprint density at radius 2 is 2.29 bits per heavy atom. The first-order chi connectivity index (χ1) is 8.15. The average Bonchev–Trinajstić information content (AvgIpc) is 2.73. The van der Waals surface area contributed by atoms with Crippen LogP contribution in [0.5, 0.6) is 0 Å². The molecule has 0 bridgehead atoms. The molecule has 0 aliphatic carbocycles. The highest BCUT2D eigenvalue weighted by molar-refractivity contribution is 9.10. The van der Waals surface area contributed by atoms with Crippen LogP contribution in [0.2, 0.25) is 5.15 Å². The molecule has 0 fully saturated rings. The first-order valence-corrected chi connectivity index (χ1v) is 6.71. The van der Waals surface area contributed by atoms with Gasteiger partial charge >= 0.3 is 0 Å². The van der Waals surface area contributed by atoms with Crippen LogP contribution in [-0.2, 0) is 0 Å². The van der Waals surface area contributed by atoms with E-state index in [1.807, 2.05) is 11.4 Å². The Hall–Kier alpha value is -0.980. The van der Waals surface area contributed by atoms with Crippen molar-refractivity contribution in [2.24, 2.45) is 5.10 Å². The summed E-state index contributed by atoms with van der Waals surface area (Å²) >= 11 is 10.7. The molecule has 0 amide bonds. The molecule has 2 heterocycles. The van der Waals surface area contributed by atoms with Gasteiger partial charge in [-0.15, -0.1) is 21.5 Å². The van der Waals surface area contributed by atoms with Crippen LogP contribution in [0.3, 0.4) is 0 Å². The summed E-state index contributed by atoms with van der Waals surface area (Å²) in [4.78, 5) is 1.06. The maximum Gasteiger partial charge on any atom is 0.171 e. The first-order valence-electron chi connectivity index (χ1n) is 4.66. The van der Waals surface area contributed by atoms with Crippen molar-refractivity contribution >= 4 is 50.9 Å². The molecule has 0 spiro atoms. The molecule has 0 radical (unpaired) electrons. The van der Waals surface area contributed by atoms with E-state index in [4.69, 9.17) is 11.6 Å². The third-order valence-electron chi connectivity index (χ3n) is 1.90. The van der Waals surface area contributed by atoms with Gasteiger partial charge in [0.1, 0.15) is 0 Å². The summed E-state index contributed by atoms with van der Waals surface area (Å²) in [5.74, 6) is 0.640.